The van der Waals surface area contributed by atoms with Crippen LogP contribution in [0.1, 0.15) is 59.3 Å². The van der Waals surface area contributed by atoms with Gasteiger partial charge in [-0.15, -0.1) is 0 Å². The van der Waals surface area contributed by atoms with Crippen molar-refractivity contribution in [3.63, 3.8) is 0 Å². The number of nitrogens with zero attached hydrogens (tertiary/aromatic N) is 1. The Labute approximate surface area is 119 Å². The molecule has 0 amide bonds. The summed E-state index contributed by atoms with van der Waals surface area (Å²) in [6, 6.07) is 0.648. The van der Waals surface area contributed by atoms with E-state index < -0.39 is 0 Å². The van der Waals surface area contributed by atoms with Crippen LogP contribution in [0.4, 0.5) is 0 Å². The second-order valence-corrected chi connectivity index (χ2v) is 6.10. The second kappa shape index (κ2) is 8.23. The lowest BCUT2D eigenvalue weighted by molar-refractivity contribution is 0.0204. The van der Waals surface area contributed by atoms with Gasteiger partial charge in [-0.3, -0.25) is 4.90 Å². The van der Waals surface area contributed by atoms with Crippen molar-refractivity contribution >= 4 is 0 Å². The lowest BCUT2D eigenvalue weighted by Gasteiger charge is -2.45. The second-order valence-electron chi connectivity index (χ2n) is 6.10. The largest absolute Gasteiger partial charge is 0.383 e. The molecule has 0 saturated heterocycles. The molecule has 2 N–H and O–H groups in total. The van der Waals surface area contributed by atoms with Crippen LogP contribution >= 0.6 is 0 Å². The summed E-state index contributed by atoms with van der Waals surface area (Å²) in [5, 5.41) is 0. The predicted molar refractivity (Wildman–Crippen MR) is 82.4 cm³/mol. The van der Waals surface area contributed by atoms with Gasteiger partial charge in [0.2, 0.25) is 0 Å². The smallest absolute Gasteiger partial charge is 0.0590 e. The van der Waals surface area contributed by atoms with E-state index in [1.54, 1.807) is 7.11 Å². The molecular weight excluding hydrogens is 236 g/mol. The van der Waals surface area contributed by atoms with Crippen molar-refractivity contribution in [2.75, 3.05) is 26.8 Å². The third kappa shape index (κ3) is 3.93. The van der Waals surface area contributed by atoms with E-state index in [1.807, 2.05) is 0 Å². The molecule has 19 heavy (non-hydrogen) atoms. The minimum absolute atomic E-state index is 0.232. The molecule has 1 saturated carbocycles. The van der Waals surface area contributed by atoms with Gasteiger partial charge in [0.1, 0.15) is 0 Å². The molecule has 0 aromatic heterocycles. The highest BCUT2D eigenvalue weighted by Gasteiger charge is 2.43. The van der Waals surface area contributed by atoms with Gasteiger partial charge in [-0.25, -0.2) is 0 Å². The summed E-state index contributed by atoms with van der Waals surface area (Å²) >= 11 is 0. The Morgan fingerprint density at radius 2 is 2.00 bits per heavy atom. The van der Waals surface area contributed by atoms with Gasteiger partial charge < -0.3 is 10.5 Å². The van der Waals surface area contributed by atoms with Gasteiger partial charge in [-0.1, -0.05) is 27.2 Å². The fourth-order valence-corrected chi connectivity index (χ4v) is 3.85. The highest BCUT2D eigenvalue weighted by molar-refractivity contribution is 5.00. The van der Waals surface area contributed by atoms with Gasteiger partial charge in [0.25, 0.3) is 0 Å². The van der Waals surface area contributed by atoms with E-state index >= 15 is 0 Å². The molecule has 114 valence electrons. The minimum Gasteiger partial charge on any atom is -0.383 e. The third-order valence-electron chi connectivity index (χ3n) is 5.17. The Morgan fingerprint density at radius 3 is 2.42 bits per heavy atom. The Balaban J connectivity index is 2.86. The summed E-state index contributed by atoms with van der Waals surface area (Å²) in [6.45, 7) is 9.54. The zero-order chi connectivity index (χ0) is 14.3. The molecular formula is C16H34N2O. The minimum atomic E-state index is 0.232. The predicted octanol–water partition coefficient (Wildman–Crippen LogP) is 3.03. The molecule has 1 rings (SSSR count). The fourth-order valence-electron chi connectivity index (χ4n) is 3.85. The average molecular weight is 270 g/mol. The molecule has 0 aromatic carbocycles. The van der Waals surface area contributed by atoms with Crippen LogP contribution in [0.5, 0.6) is 0 Å². The molecule has 0 radical (unpaired) electrons. The van der Waals surface area contributed by atoms with Crippen molar-refractivity contribution < 1.29 is 4.74 Å². The van der Waals surface area contributed by atoms with Gasteiger partial charge in [0.05, 0.1) is 6.61 Å². The van der Waals surface area contributed by atoms with Crippen LogP contribution in [-0.4, -0.2) is 43.3 Å². The van der Waals surface area contributed by atoms with E-state index in [0.717, 1.165) is 25.6 Å². The van der Waals surface area contributed by atoms with E-state index in [1.165, 1.54) is 38.5 Å². The van der Waals surface area contributed by atoms with Gasteiger partial charge in [0, 0.05) is 31.8 Å². The molecule has 0 aromatic rings. The van der Waals surface area contributed by atoms with Crippen LogP contribution in [0.15, 0.2) is 0 Å². The molecule has 0 aliphatic heterocycles. The summed E-state index contributed by atoms with van der Waals surface area (Å²) in [4.78, 5) is 2.69. The van der Waals surface area contributed by atoms with E-state index in [2.05, 4.69) is 25.7 Å². The lowest BCUT2D eigenvalue weighted by atomic mass is 9.90. The third-order valence-corrected chi connectivity index (χ3v) is 5.17. The summed E-state index contributed by atoms with van der Waals surface area (Å²) in [6.07, 6.45) is 7.60. The summed E-state index contributed by atoms with van der Waals surface area (Å²) in [5.74, 6) is 0.864. The number of hydrogen-bond acceptors (Lipinski definition) is 3. The maximum Gasteiger partial charge on any atom is 0.0590 e. The van der Waals surface area contributed by atoms with Crippen LogP contribution < -0.4 is 5.73 Å². The number of nitrogens with two attached hydrogens (primary N) is 1. The van der Waals surface area contributed by atoms with Gasteiger partial charge in [-0.2, -0.15) is 0 Å². The Bertz CT molecular complexity index is 243. The Morgan fingerprint density at radius 1 is 1.32 bits per heavy atom. The molecule has 3 nitrogen and oxygen atoms in total. The zero-order valence-electron chi connectivity index (χ0n) is 13.5. The van der Waals surface area contributed by atoms with Crippen molar-refractivity contribution in [1.29, 1.82) is 0 Å². The van der Waals surface area contributed by atoms with E-state index in [9.17, 15) is 0 Å². The summed E-state index contributed by atoms with van der Waals surface area (Å²) < 4.78 is 5.33. The van der Waals surface area contributed by atoms with E-state index in [-0.39, 0.29) is 5.54 Å². The van der Waals surface area contributed by atoms with Crippen LogP contribution in [0.25, 0.3) is 0 Å². The molecule has 2 unspecified atom stereocenters. The maximum absolute atomic E-state index is 6.22. The molecule has 3 heteroatoms. The number of hydrogen-bond donors (Lipinski definition) is 1. The van der Waals surface area contributed by atoms with Crippen molar-refractivity contribution in [2.24, 2.45) is 11.7 Å². The number of ether oxygens (including phenoxy) is 1. The fraction of sp³-hybridized carbons (Fsp3) is 1.00. The van der Waals surface area contributed by atoms with Crippen LogP contribution in [0.3, 0.4) is 0 Å². The van der Waals surface area contributed by atoms with E-state index in [4.69, 9.17) is 10.5 Å². The molecule has 1 fully saturated rings. The van der Waals surface area contributed by atoms with Gasteiger partial charge >= 0.3 is 0 Å². The van der Waals surface area contributed by atoms with Crippen molar-refractivity contribution in [3.05, 3.63) is 0 Å². The van der Waals surface area contributed by atoms with E-state index in [0.29, 0.717) is 6.04 Å². The lowest BCUT2D eigenvalue weighted by Crippen LogP contribution is -2.57. The molecule has 0 heterocycles. The van der Waals surface area contributed by atoms with Crippen molar-refractivity contribution in [3.8, 4) is 0 Å². The number of methoxy groups -OCH3 is 1. The Kier molecular flexibility index (Phi) is 7.33. The van der Waals surface area contributed by atoms with Crippen LogP contribution in [-0.2, 0) is 4.74 Å². The first kappa shape index (κ1) is 16.9. The SMILES string of the molecule is CCC1CCC(CN)(N(CCOC)C(CC)CC)C1. The van der Waals surface area contributed by atoms with Crippen molar-refractivity contribution in [2.45, 2.75) is 70.9 Å². The first-order chi connectivity index (χ1) is 9.17. The quantitative estimate of drug-likeness (QED) is 0.700. The summed E-state index contributed by atoms with van der Waals surface area (Å²) in [7, 11) is 1.80. The first-order valence-electron chi connectivity index (χ1n) is 8.13. The van der Waals surface area contributed by atoms with Crippen molar-refractivity contribution in [1.82, 2.24) is 4.90 Å². The van der Waals surface area contributed by atoms with Crippen LogP contribution in [0, 0.1) is 5.92 Å². The topological polar surface area (TPSA) is 38.5 Å². The highest BCUT2D eigenvalue weighted by atomic mass is 16.5. The zero-order valence-corrected chi connectivity index (χ0v) is 13.5. The normalized spacial score (nSPS) is 27.6. The van der Waals surface area contributed by atoms with Gasteiger partial charge in [0.15, 0.2) is 0 Å². The van der Waals surface area contributed by atoms with Crippen LogP contribution in [0.2, 0.25) is 0 Å². The standard InChI is InChI=1S/C16H34N2O/c1-5-14-8-9-16(12-14,13-17)18(10-11-19-4)15(6-2)7-3/h14-15H,5-13,17H2,1-4H3. The average Bonchev–Trinajstić information content (AvgIpc) is 2.88. The molecule has 0 spiro atoms. The Hall–Kier alpha value is -0.120. The monoisotopic (exact) mass is 270 g/mol. The summed E-state index contributed by atoms with van der Waals surface area (Å²) in [5.41, 5.74) is 6.46. The maximum atomic E-state index is 6.22. The van der Waals surface area contributed by atoms with Gasteiger partial charge in [-0.05, 0) is 38.0 Å². The molecule has 1 aliphatic rings. The molecule has 2 atom stereocenters. The molecule has 0 bridgehead atoms. The number of rotatable bonds is 9. The molecule has 1 aliphatic carbocycles. The first-order valence-corrected chi connectivity index (χ1v) is 8.13. The highest BCUT2D eigenvalue weighted by Crippen LogP contribution is 2.41.